The molecule has 0 aliphatic heterocycles. The molecule has 0 bridgehead atoms. The van der Waals surface area contributed by atoms with Gasteiger partial charge in [-0.05, 0) is 86.0 Å². The number of fused-ring (bicyclic) bond motifs is 15. The molecule has 0 radical (unpaired) electrons. The van der Waals surface area contributed by atoms with Crippen LogP contribution in [0, 0.1) is 0 Å². The van der Waals surface area contributed by atoms with Gasteiger partial charge in [-0.2, -0.15) is 0 Å². The zero-order valence-electron chi connectivity index (χ0n) is 33.3. The molecular weight excluding hydrogens is 757 g/mol. The summed E-state index contributed by atoms with van der Waals surface area (Å²) in [6.45, 7) is 0. The van der Waals surface area contributed by atoms with E-state index in [9.17, 15) is 0 Å². The minimum Gasteiger partial charge on any atom is -0.456 e. The summed E-state index contributed by atoms with van der Waals surface area (Å²) >= 11 is 0. The molecule has 0 saturated carbocycles. The van der Waals surface area contributed by atoms with E-state index in [2.05, 4.69) is 140 Å². The highest BCUT2D eigenvalue weighted by Gasteiger charge is 2.50. The second-order valence-electron chi connectivity index (χ2n) is 16.1. The Balaban J connectivity index is 1.10. The molecule has 1 spiro atoms. The standard InChI is InChI=1S/C57H34N4O/c1-3-15-35(16-4-1)55-58-33-38(34-59-55)52-32-51(60-56(61-52)36-17-5-2-6-18-36)37-27-28-43-40-20-8-7-19-39(40)41-21-9-12-24-47(41)57(49(43)29-37)48-25-13-10-22-42(48)45-31-54-46(30-50(45)57)44-23-11-14-26-53(44)62-54/h1-34H. The molecule has 1 unspecified atom stereocenters. The van der Waals surface area contributed by atoms with Crippen molar-refractivity contribution in [3.05, 3.63) is 229 Å². The number of aromatic nitrogens is 4. The molecule has 5 nitrogen and oxygen atoms in total. The summed E-state index contributed by atoms with van der Waals surface area (Å²) < 4.78 is 6.56. The van der Waals surface area contributed by atoms with Crippen LogP contribution in [0.25, 0.3) is 101 Å². The van der Waals surface area contributed by atoms with Crippen molar-refractivity contribution >= 4 is 21.9 Å². The number of hydrogen-bond donors (Lipinski definition) is 0. The van der Waals surface area contributed by atoms with Crippen molar-refractivity contribution in [2.45, 2.75) is 5.41 Å². The molecule has 2 aliphatic rings. The lowest BCUT2D eigenvalue weighted by molar-refractivity contribution is 0.668. The zero-order valence-corrected chi connectivity index (χ0v) is 33.3. The van der Waals surface area contributed by atoms with Crippen molar-refractivity contribution in [1.29, 1.82) is 0 Å². The predicted octanol–water partition coefficient (Wildman–Crippen LogP) is 13.8. The first-order valence-corrected chi connectivity index (χ1v) is 20.9. The van der Waals surface area contributed by atoms with Crippen LogP contribution >= 0.6 is 0 Å². The first-order chi connectivity index (χ1) is 30.7. The third kappa shape index (κ3) is 5.02. The second kappa shape index (κ2) is 13.4. The van der Waals surface area contributed by atoms with Crippen LogP contribution in [-0.4, -0.2) is 19.9 Å². The lowest BCUT2D eigenvalue weighted by atomic mass is 9.65. The molecule has 2 aliphatic carbocycles. The summed E-state index contributed by atoms with van der Waals surface area (Å²) in [5, 5.41) is 2.22. The topological polar surface area (TPSA) is 64.7 Å². The summed E-state index contributed by atoms with van der Waals surface area (Å²) in [5.74, 6) is 1.30. The molecule has 3 aromatic heterocycles. The smallest absolute Gasteiger partial charge is 0.160 e. The first-order valence-electron chi connectivity index (χ1n) is 20.9. The van der Waals surface area contributed by atoms with Crippen molar-refractivity contribution in [3.8, 4) is 78.7 Å². The molecule has 288 valence electrons. The van der Waals surface area contributed by atoms with Gasteiger partial charge in [-0.15, -0.1) is 0 Å². The highest BCUT2D eigenvalue weighted by molar-refractivity contribution is 6.09. The third-order valence-corrected chi connectivity index (χ3v) is 12.8. The summed E-state index contributed by atoms with van der Waals surface area (Å²) in [6.07, 6.45) is 3.73. The SMILES string of the molecule is c1ccc(-c2ncc(-c3cc(-c4ccc5c(c4)C4(c6ccccc6-c6ccccc6-5)c5ccccc5-c5cc6oc7ccccc7c6cc54)nc(-c4ccccc4)n3)cn2)cc1. The molecular formula is C57H34N4O. The van der Waals surface area contributed by atoms with Gasteiger partial charge >= 0.3 is 0 Å². The van der Waals surface area contributed by atoms with Crippen molar-refractivity contribution in [1.82, 2.24) is 19.9 Å². The number of benzene rings is 8. The minimum absolute atomic E-state index is 0.636. The Morgan fingerprint density at radius 2 is 0.855 bits per heavy atom. The van der Waals surface area contributed by atoms with Gasteiger partial charge in [0, 0.05) is 45.4 Å². The van der Waals surface area contributed by atoms with E-state index in [-0.39, 0.29) is 0 Å². The van der Waals surface area contributed by atoms with Gasteiger partial charge in [0.2, 0.25) is 0 Å². The van der Waals surface area contributed by atoms with E-state index in [1.54, 1.807) is 0 Å². The quantitative estimate of drug-likeness (QED) is 0.178. The molecule has 5 heteroatoms. The van der Waals surface area contributed by atoms with E-state index in [0.29, 0.717) is 11.6 Å². The van der Waals surface area contributed by atoms with E-state index >= 15 is 0 Å². The fourth-order valence-electron chi connectivity index (χ4n) is 10.1. The van der Waals surface area contributed by atoms with Gasteiger partial charge in [-0.3, -0.25) is 0 Å². The van der Waals surface area contributed by atoms with E-state index in [4.69, 9.17) is 24.4 Å². The van der Waals surface area contributed by atoms with Gasteiger partial charge in [0.05, 0.1) is 16.8 Å². The summed E-state index contributed by atoms with van der Waals surface area (Å²) in [4.78, 5) is 20.1. The predicted molar refractivity (Wildman–Crippen MR) is 248 cm³/mol. The van der Waals surface area contributed by atoms with Crippen LogP contribution in [0.3, 0.4) is 0 Å². The van der Waals surface area contributed by atoms with Crippen LogP contribution < -0.4 is 0 Å². The number of rotatable bonds is 4. The van der Waals surface area contributed by atoms with Crippen LogP contribution in [-0.2, 0) is 5.41 Å². The molecule has 1 atom stereocenters. The molecule has 3 heterocycles. The van der Waals surface area contributed by atoms with E-state index < -0.39 is 5.41 Å². The third-order valence-electron chi connectivity index (χ3n) is 12.8. The molecule has 0 N–H and O–H groups in total. The van der Waals surface area contributed by atoms with Crippen LogP contribution in [0.5, 0.6) is 0 Å². The molecule has 8 aromatic carbocycles. The Kier molecular flexibility index (Phi) is 7.45. The lowest BCUT2D eigenvalue weighted by Crippen LogP contribution is -2.29. The van der Waals surface area contributed by atoms with Crippen molar-refractivity contribution in [2.24, 2.45) is 0 Å². The molecule has 13 rings (SSSR count). The average molecular weight is 791 g/mol. The van der Waals surface area contributed by atoms with Crippen molar-refractivity contribution in [2.75, 3.05) is 0 Å². The average Bonchev–Trinajstić information content (AvgIpc) is 3.83. The highest BCUT2D eigenvalue weighted by atomic mass is 16.3. The van der Waals surface area contributed by atoms with E-state index in [1.807, 2.05) is 67.0 Å². The fraction of sp³-hybridized carbons (Fsp3) is 0.0175. The maximum absolute atomic E-state index is 6.56. The molecule has 0 fully saturated rings. The lowest BCUT2D eigenvalue weighted by Gasteiger charge is -2.35. The fourth-order valence-corrected chi connectivity index (χ4v) is 10.1. The maximum Gasteiger partial charge on any atom is 0.160 e. The molecule has 0 amide bonds. The Hall–Kier alpha value is -8.28. The Morgan fingerprint density at radius 3 is 1.55 bits per heavy atom. The Labute approximate surface area is 357 Å². The Morgan fingerprint density at radius 1 is 0.323 bits per heavy atom. The second-order valence-corrected chi connectivity index (χ2v) is 16.1. The van der Waals surface area contributed by atoms with Crippen LogP contribution in [0.1, 0.15) is 22.3 Å². The summed E-state index contributed by atoms with van der Waals surface area (Å²) in [6, 6.07) is 69.1. The van der Waals surface area contributed by atoms with Gasteiger partial charge < -0.3 is 4.42 Å². The molecule has 0 saturated heterocycles. The monoisotopic (exact) mass is 790 g/mol. The highest BCUT2D eigenvalue weighted by Crippen LogP contribution is 2.62. The van der Waals surface area contributed by atoms with Crippen molar-refractivity contribution < 1.29 is 4.42 Å². The normalized spacial score (nSPS) is 14.5. The largest absolute Gasteiger partial charge is 0.456 e. The number of nitrogens with zero attached hydrogens (tertiary/aromatic N) is 4. The minimum atomic E-state index is -0.696. The molecule has 62 heavy (non-hydrogen) atoms. The Bertz CT molecular complexity index is 3580. The van der Waals surface area contributed by atoms with Crippen molar-refractivity contribution in [3.63, 3.8) is 0 Å². The number of hydrogen-bond acceptors (Lipinski definition) is 5. The number of furan rings is 1. The van der Waals surface area contributed by atoms with E-state index in [0.717, 1.165) is 55.6 Å². The van der Waals surface area contributed by atoms with Gasteiger partial charge in [0.1, 0.15) is 11.2 Å². The van der Waals surface area contributed by atoms with Gasteiger partial charge in [-0.25, -0.2) is 19.9 Å². The summed E-state index contributed by atoms with van der Waals surface area (Å²) in [7, 11) is 0. The van der Waals surface area contributed by atoms with E-state index in [1.165, 1.54) is 55.6 Å². The van der Waals surface area contributed by atoms with Crippen LogP contribution in [0.2, 0.25) is 0 Å². The first kappa shape index (κ1) is 34.6. The molecule has 11 aromatic rings. The summed E-state index contributed by atoms with van der Waals surface area (Å²) in [5.41, 5.74) is 18.5. The van der Waals surface area contributed by atoms with Crippen LogP contribution in [0.15, 0.2) is 211 Å². The zero-order chi connectivity index (χ0) is 40.8. The van der Waals surface area contributed by atoms with Gasteiger partial charge in [0.25, 0.3) is 0 Å². The van der Waals surface area contributed by atoms with Crippen LogP contribution in [0.4, 0.5) is 0 Å². The van der Waals surface area contributed by atoms with Gasteiger partial charge in [-0.1, -0.05) is 164 Å². The van der Waals surface area contributed by atoms with Gasteiger partial charge in [0.15, 0.2) is 11.6 Å². The maximum atomic E-state index is 6.56. The number of para-hydroxylation sites is 1.